The van der Waals surface area contributed by atoms with E-state index in [0.717, 1.165) is 5.69 Å². The summed E-state index contributed by atoms with van der Waals surface area (Å²) in [4.78, 5) is 30.8. The Morgan fingerprint density at radius 1 is 1.30 bits per heavy atom. The highest BCUT2D eigenvalue weighted by atomic mass is 16.6. The summed E-state index contributed by atoms with van der Waals surface area (Å²) < 4.78 is 5.42. The van der Waals surface area contributed by atoms with Crippen molar-refractivity contribution in [2.75, 3.05) is 24.5 Å². The van der Waals surface area contributed by atoms with Gasteiger partial charge < -0.3 is 19.6 Å². The molecule has 2 rings (SSSR count). The largest absolute Gasteiger partial charge is 0.477 e. The fourth-order valence-electron chi connectivity index (χ4n) is 2.48. The maximum Gasteiger partial charge on any atom is 0.410 e. The second-order valence-corrected chi connectivity index (χ2v) is 6.68. The van der Waals surface area contributed by atoms with Gasteiger partial charge in [-0.1, -0.05) is 0 Å². The molecule has 0 spiro atoms. The van der Waals surface area contributed by atoms with Crippen LogP contribution in [0.25, 0.3) is 0 Å². The van der Waals surface area contributed by atoms with Crippen molar-refractivity contribution in [3.8, 4) is 0 Å². The van der Waals surface area contributed by atoms with Crippen molar-refractivity contribution in [2.24, 2.45) is 0 Å². The average molecular weight is 321 g/mol. The molecule has 1 aliphatic rings. The zero-order valence-electron chi connectivity index (χ0n) is 13.9. The SMILES string of the molecule is CC1CN(c2ccc(C(=O)O)nc2)CCN1C(=O)OC(C)(C)C. The van der Waals surface area contributed by atoms with Gasteiger partial charge in [0.2, 0.25) is 0 Å². The molecule has 0 aromatic carbocycles. The summed E-state index contributed by atoms with van der Waals surface area (Å²) in [5.74, 6) is -1.04. The number of aromatic carboxylic acids is 1. The van der Waals surface area contributed by atoms with Gasteiger partial charge in [0.05, 0.1) is 11.9 Å². The highest BCUT2D eigenvalue weighted by molar-refractivity contribution is 5.85. The molecular weight excluding hydrogens is 298 g/mol. The molecule has 1 atom stereocenters. The monoisotopic (exact) mass is 321 g/mol. The van der Waals surface area contributed by atoms with Crippen LogP contribution in [0.15, 0.2) is 18.3 Å². The minimum Gasteiger partial charge on any atom is -0.477 e. The topological polar surface area (TPSA) is 83.0 Å². The lowest BCUT2D eigenvalue weighted by Crippen LogP contribution is -2.55. The predicted octanol–water partition coefficient (Wildman–Crippen LogP) is 2.23. The van der Waals surface area contributed by atoms with Crippen LogP contribution in [0, 0.1) is 0 Å². The van der Waals surface area contributed by atoms with Crippen LogP contribution in [0.1, 0.15) is 38.2 Å². The van der Waals surface area contributed by atoms with Gasteiger partial charge in [-0.25, -0.2) is 14.6 Å². The molecule has 0 bridgehead atoms. The molecule has 0 radical (unpaired) electrons. The number of hydrogen-bond acceptors (Lipinski definition) is 5. The molecular formula is C16H23N3O4. The summed E-state index contributed by atoms with van der Waals surface area (Å²) >= 11 is 0. The molecule has 1 fully saturated rings. The van der Waals surface area contributed by atoms with Gasteiger partial charge in [-0.15, -0.1) is 0 Å². The molecule has 7 heteroatoms. The Bertz CT molecular complexity index is 580. The first-order valence-electron chi connectivity index (χ1n) is 7.61. The van der Waals surface area contributed by atoms with Crippen LogP contribution in [-0.2, 0) is 4.74 Å². The Balaban J connectivity index is 2.00. The third-order valence-corrected chi connectivity index (χ3v) is 3.59. The predicted molar refractivity (Wildman–Crippen MR) is 85.8 cm³/mol. The number of nitrogens with zero attached hydrogens (tertiary/aromatic N) is 3. The van der Waals surface area contributed by atoms with Crippen LogP contribution in [0.2, 0.25) is 0 Å². The number of pyridine rings is 1. The first-order valence-corrected chi connectivity index (χ1v) is 7.61. The van der Waals surface area contributed by atoms with E-state index in [1.165, 1.54) is 6.07 Å². The summed E-state index contributed by atoms with van der Waals surface area (Å²) in [6.45, 7) is 9.36. The Labute approximate surface area is 135 Å². The van der Waals surface area contributed by atoms with Crippen molar-refractivity contribution in [3.05, 3.63) is 24.0 Å². The molecule has 1 aliphatic heterocycles. The van der Waals surface area contributed by atoms with E-state index < -0.39 is 11.6 Å². The molecule has 1 aromatic heterocycles. The zero-order valence-corrected chi connectivity index (χ0v) is 13.9. The number of anilines is 1. The maximum absolute atomic E-state index is 12.2. The number of carbonyl (C=O) groups is 2. The van der Waals surface area contributed by atoms with Crippen molar-refractivity contribution in [1.82, 2.24) is 9.88 Å². The molecule has 126 valence electrons. The van der Waals surface area contributed by atoms with E-state index in [-0.39, 0.29) is 17.8 Å². The van der Waals surface area contributed by atoms with Gasteiger partial charge in [0.15, 0.2) is 0 Å². The number of piperazine rings is 1. The van der Waals surface area contributed by atoms with Gasteiger partial charge in [0.25, 0.3) is 0 Å². The quantitative estimate of drug-likeness (QED) is 0.899. The van der Waals surface area contributed by atoms with Crippen molar-refractivity contribution >= 4 is 17.7 Å². The normalized spacial score (nSPS) is 18.7. The smallest absolute Gasteiger partial charge is 0.410 e. The fraction of sp³-hybridized carbons (Fsp3) is 0.562. The lowest BCUT2D eigenvalue weighted by molar-refractivity contribution is 0.0158. The van der Waals surface area contributed by atoms with Crippen LogP contribution in [0.4, 0.5) is 10.5 Å². The van der Waals surface area contributed by atoms with E-state index in [1.54, 1.807) is 17.2 Å². The second-order valence-electron chi connectivity index (χ2n) is 6.68. The maximum atomic E-state index is 12.2. The molecule has 1 unspecified atom stereocenters. The van der Waals surface area contributed by atoms with E-state index in [2.05, 4.69) is 9.88 Å². The molecule has 1 N–H and O–H groups in total. The van der Waals surface area contributed by atoms with Crippen molar-refractivity contribution < 1.29 is 19.4 Å². The van der Waals surface area contributed by atoms with E-state index >= 15 is 0 Å². The second kappa shape index (κ2) is 6.44. The number of carboxylic acid groups (broad SMARTS) is 1. The van der Waals surface area contributed by atoms with Crippen molar-refractivity contribution in [1.29, 1.82) is 0 Å². The molecule has 1 aromatic rings. The number of carbonyl (C=O) groups excluding carboxylic acids is 1. The third kappa shape index (κ3) is 4.34. The fourth-order valence-corrected chi connectivity index (χ4v) is 2.48. The summed E-state index contributed by atoms with van der Waals surface area (Å²) in [5.41, 5.74) is 0.365. The highest BCUT2D eigenvalue weighted by Gasteiger charge is 2.31. The number of rotatable bonds is 2. The van der Waals surface area contributed by atoms with Gasteiger partial charge in [0, 0.05) is 25.7 Å². The first-order chi connectivity index (χ1) is 10.7. The van der Waals surface area contributed by atoms with E-state index in [4.69, 9.17) is 9.84 Å². The van der Waals surface area contributed by atoms with Gasteiger partial charge in [0.1, 0.15) is 11.3 Å². The molecule has 1 saturated heterocycles. The minimum atomic E-state index is -1.04. The number of amides is 1. The lowest BCUT2D eigenvalue weighted by atomic mass is 10.1. The molecule has 23 heavy (non-hydrogen) atoms. The summed E-state index contributed by atoms with van der Waals surface area (Å²) in [5, 5.41) is 8.88. The number of carboxylic acids is 1. The Morgan fingerprint density at radius 2 is 2.00 bits per heavy atom. The standard InChI is InChI=1S/C16H23N3O4/c1-11-10-18(12-5-6-13(14(20)21)17-9-12)7-8-19(11)15(22)23-16(2,3)4/h5-6,9,11H,7-8,10H2,1-4H3,(H,20,21). The minimum absolute atomic E-state index is 0.00208. The van der Waals surface area contributed by atoms with E-state index in [9.17, 15) is 9.59 Å². The average Bonchev–Trinajstić information content (AvgIpc) is 2.45. The molecule has 0 saturated carbocycles. The summed E-state index contributed by atoms with van der Waals surface area (Å²) in [7, 11) is 0. The highest BCUT2D eigenvalue weighted by Crippen LogP contribution is 2.20. The van der Waals surface area contributed by atoms with Crippen LogP contribution in [-0.4, -0.2) is 58.3 Å². The van der Waals surface area contributed by atoms with E-state index in [1.807, 2.05) is 27.7 Å². The van der Waals surface area contributed by atoms with Crippen LogP contribution >= 0.6 is 0 Å². The Morgan fingerprint density at radius 3 is 2.48 bits per heavy atom. The van der Waals surface area contributed by atoms with Gasteiger partial charge >= 0.3 is 12.1 Å². The van der Waals surface area contributed by atoms with Gasteiger partial charge in [-0.2, -0.15) is 0 Å². The molecule has 7 nitrogen and oxygen atoms in total. The van der Waals surface area contributed by atoms with E-state index in [0.29, 0.717) is 19.6 Å². The van der Waals surface area contributed by atoms with Crippen molar-refractivity contribution in [3.63, 3.8) is 0 Å². The van der Waals surface area contributed by atoms with Gasteiger partial charge in [-0.3, -0.25) is 0 Å². The molecule has 2 heterocycles. The third-order valence-electron chi connectivity index (χ3n) is 3.59. The molecule has 0 aliphatic carbocycles. The summed E-state index contributed by atoms with van der Waals surface area (Å²) in [6.07, 6.45) is 1.25. The Hall–Kier alpha value is -2.31. The number of aromatic nitrogens is 1. The summed E-state index contributed by atoms with van der Waals surface area (Å²) in [6, 6.07) is 3.23. The van der Waals surface area contributed by atoms with Crippen molar-refractivity contribution in [2.45, 2.75) is 39.3 Å². The number of ether oxygens (including phenoxy) is 1. The Kier molecular flexibility index (Phi) is 4.77. The van der Waals surface area contributed by atoms with Crippen LogP contribution in [0.5, 0.6) is 0 Å². The van der Waals surface area contributed by atoms with Crippen LogP contribution < -0.4 is 4.90 Å². The van der Waals surface area contributed by atoms with Gasteiger partial charge in [-0.05, 0) is 39.8 Å². The lowest BCUT2D eigenvalue weighted by Gasteiger charge is -2.41. The van der Waals surface area contributed by atoms with Crippen LogP contribution in [0.3, 0.4) is 0 Å². The molecule has 1 amide bonds. The number of hydrogen-bond donors (Lipinski definition) is 1. The first kappa shape index (κ1) is 17.1. The zero-order chi connectivity index (χ0) is 17.2.